The molecule has 2 heterocycles. The number of hydrogen-bond donors (Lipinski definition) is 1. The molecule has 1 saturated heterocycles. The number of pyridine rings is 1. The van der Waals surface area contributed by atoms with Crippen LogP contribution in [0, 0.1) is 0 Å². The summed E-state index contributed by atoms with van der Waals surface area (Å²) in [5.41, 5.74) is -2.53. The lowest BCUT2D eigenvalue weighted by molar-refractivity contribution is -0.205. The number of aliphatic hydroxyl groups is 1. The molecular weight excluding hydrogens is 287 g/mol. The molecule has 0 unspecified atom stereocenters. The molecule has 1 aromatic rings. The van der Waals surface area contributed by atoms with Gasteiger partial charge in [0, 0.05) is 30.8 Å². The van der Waals surface area contributed by atoms with Gasteiger partial charge in [-0.3, -0.25) is 4.98 Å². The second kappa shape index (κ2) is 4.93. The van der Waals surface area contributed by atoms with E-state index in [1.807, 2.05) is 0 Å². The first-order chi connectivity index (χ1) is 9.85. The van der Waals surface area contributed by atoms with Crippen LogP contribution < -0.4 is 0 Å². The predicted octanol–water partition coefficient (Wildman–Crippen LogP) is 2.61. The lowest BCUT2D eigenvalue weighted by atomic mass is 9.76. The Morgan fingerprint density at radius 1 is 1.10 bits per heavy atom. The fourth-order valence-electron chi connectivity index (χ4n) is 3.11. The van der Waals surface area contributed by atoms with Crippen LogP contribution in [-0.2, 0) is 21.3 Å². The molecule has 1 aliphatic carbocycles. The van der Waals surface area contributed by atoms with Gasteiger partial charge in [0.05, 0.1) is 24.4 Å². The number of halogens is 3. The zero-order chi connectivity index (χ0) is 15.1. The first kappa shape index (κ1) is 14.7. The van der Waals surface area contributed by atoms with Crippen molar-refractivity contribution in [3.05, 3.63) is 29.6 Å². The number of aromatic nitrogens is 1. The molecule has 0 bridgehead atoms. The van der Waals surface area contributed by atoms with Gasteiger partial charge in [-0.05, 0) is 18.9 Å². The first-order valence-corrected chi connectivity index (χ1v) is 6.87. The van der Waals surface area contributed by atoms with E-state index >= 15 is 0 Å². The Hall–Kier alpha value is -1.18. The highest BCUT2D eigenvalue weighted by atomic mass is 19.4. The summed E-state index contributed by atoms with van der Waals surface area (Å²) in [5, 5.41) is 10.7. The fourth-order valence-corrected chi connectivity index (χ4v) is 3.11. The van der Waals surface area contributed by atoms with E-state index in [9.17, 15) is 18.3 Å². The van der Waals surface area contributed by atoms with E-state index in [0.717, 1.165) is 18.5 Å². The third-order valence-corrected chi connectivity index (χ3v) is 4.28. The predicted molar refractivity (Wildman–Crippen MR) is 66.2 cm³/mol. The van der Waals surface area contributed by atoms with Crippen LogP contribution in [0.5, 0.6) is 0 Å². The number of ether oxygens (including phenoxy) is 2. The van der Waals surface area contributed by atoms with E-state index in [-0.39, 0.29) is 18.4 Å². The summed E-state index contributed by atoms with van der Waals surface area (Å²) in [6.45, 7) is 0.970. The van der Waals surface area contributed by atoms with E-state index < -0.39 is 23.1 Å². The topological polar surface area (TPSA) is 51.6 Å². The second-order valence-corrected chi connectivity index (χ2v) is 5.56. The minimum atomic E-state index is -4.51. The Morgan fingerprint density at radius 3 is 2.29 bits per heavy atom. The van der Waals surface area contributed by atoms with Crippen molar-refractivity contribution in [2.24, 2.45) is 0 Å². The van der Waals surface area contributed by atoms with Crippen molar-refractivity contribution in [3.63, 3.8) is 0 Å². The highest BCUT2D eigenvalue weighted by molar-refractivity contribution is 5.32. The van der Waals surface area contributed by atoms with Gasteiger partial charge in [-0.1, -0.05) is 0 Å². The first-order valence-electron chi connectivity index (χ1n) is 6.87. The third-order valence-electron chi connectivity index (χ3n) is 4.28. The van der Waals surface area contributed by atoms with E-state index in [4.69, 9.17) is 9.47 Å². The maximum absolute atomic E-state index is 13.1. The van der Waals surface area contributed by atoms with Gasteiger partial charge in [-0.2, -0.15) is 13.2 Å². The smallest absolute Gasteiger partial charge is 0.385 e. The minimum absolute atomic E-state index is 0.155. The maximum atomic E-state index is 13.1. The molecule has 4 nitrogen and oxygen atoms in total. The van der Waals surface area contributed by atoms with E-state index in [1.54, 1.807) is 0 Å². The van der Waals surface area contributed by atoms with Crippen LogP contribution in [0.1, 0.15) is 36.8 Å². The lowest BCUT2D eigenvalue weighted by Gasteiger charge is -2.41. The summed E-state index contributed by atoms with van der Waals surface area (Å²) in [5.74, 6) is -0.729. The highest BCUT2D eigenvalue weighted by Crippen LogP contribution is 2.47. The van der Waals surface area contributed by atoms with Gasteiger partial charge in [-0.15, -0.1) is 0 Å². The SMILES string of the molecule is OC1(c2cnccc2C(F)(F)F)CCC2(CC1)OCCO2. The van der Waals surface area contributed by atoms with Gasteiger partial charge >= 0.3 is 6.18 Å². The van der Waals surface area contributed by atoms with Crippen molar-refractivity contribution in [3.8, 4) is 0 Å². The molecule has 2 fully saturated rings. The van der Waals surface area contributed by atoms with Crippen LogP contribution in [-0.4, -0.2) is 29.1 Å². The van der Waals surface area contributed by atoms with Gasteiger partial charge in [-0.25, -0.2) is 0 Å². The Balaban J connectivity index is 1.87. The summed E-state index contributed by atoms with van der Waals surface area (Å²) in [4.78, 5) is 3.75. The third kappa shape index (κ3) is 2.65. The molecule has 116 valence electrons. The summed E-state index contributed by atoms with van der Waals surface area (Å²) < 4.78 is 50.3. The molecule has 0 aromatic carbocycles. The van der Waals surface area contributed by atoms with Crippen molar-refractivity contribution in [2.45, 2.75) is 43.2 Å². The van der Waals surface area contributed by atoms with Gasteiger partial charge in [0.2, 0.25) is 0 Å². The van der Waals surface area contributed by atoms with Crippen LogP contribution in [0.2, 0.25) is 0 Å². The largest absolute Gasteiger partial charge is 0.416 e. The summed E-state index contributed by atoms with van der Waals surface area (Å²) in [6.07, 6.45) is -1.27. The highest BCUT2D eigenvalue weighted by Gasteiger charge is 2.49. The summed E-state index contributed by atoms with van der Waals surface area (Å²) in [7, 11) is 0. The van der Waals surface area contributed by atoms with Crippen molar-refractivity contribution < 1.29 is 27.8 Å². The number of nitrogens with zero attached hydrogens (tertiary/aromatic N) is 1. The average molecular weight is 303 g/mol. The van der Waals surface area contributed by atoms with Crippen LogP contribution in [0.15, 0.2) is 18.5 Å². The monoisotopic (exact) mass is 303 g/mol. The molecule has 1 spiro atoms. The molecule has 0 amide bonds. The Labute approximate surface area is 119 Å². The number of alkyl halides is 3. The second-order valence-electron chi connectivity index (χ2n) is 5.56. The van der Waals surface area contributed by atoms with Crippen molar-refractivity contribution in [2.75, 3.05) is 13.2 Å². The van der Waals surface area contributed by atoms with Crippen LogP contribution in [0.4, 0.5) is 13.2 Å². The minimum Gasteiger partial charge on any atom is -0.385 e. The molecule has 0 radical (unpaired) electrons. The van der Waals surface area contributed by atoms with Crippen molar-refractivity contribution in [1.82, 2.24) is 4.98 Å². The van der Waals surface area contributed by atoms with E-state index in [0.29, 0.717) is 26.1 Å². The molecule has 1 aliphatic heterocycles. The van der Waals surface area contributed by atoms with Crippen LogP contribution in [0.3, 0.4) is 0 Å². The van der Waals surface area contributed by atoms with Gasteiger partial charge in [0.15, 0.2) is 5.79 Å². The summed E-state index contributed by atoms with van der Waals surface area (Å²) >= 11 is 0. The lowest BCUT2D eigenvalue weighted by Crippen LogP contribution is -2.42. The van der Waals surface area contributed by atoms with E-state index in [1.165, 1.54) is 0 Å². The molecule has 0 atom stereocenters. The van der Waals surface area contributed by atoms with Gasteiger partial charge < -0.3 is 14.6 Å². The zero-order valence-electron chi connectivity index (χ0n) is 11.3. The Morgan fingerprint density at radius 2 is 1.71 bits per heavy atom. The van der Waals surface area contributed by atoms with Gasteiger partial charge in [0.1, 0.15) is 0 Å². The summed E-state index contributed by atoms with van der Waals surface area (Å²) in [6, 6.07) is 0.903. The Kier molecular flexibility index (Phi) is 3.46. The molecule has 1 N–H and O–H groups in total. The molecule has 2 aliphatic rings. The normalized spacial score (nSPS) is 24.4. The molecular formula is C14H16F3NO3. The molecule has 7 heteroatoms. The Bertz CT molecular complexity index is 516. The molecule has 1 saturated carbocycles. The quantitative estimate of drug-likeness (QED) is 0.866. The van der Waals surface area contributed by atoms with Crippen molar-refractivity contribution >= 4 is 0 Å². The molecule has 1 aromatic heterocycles. The number of rotatable bonds is 1. The fraction of sp³-hybridized carbons (Fsp3) is 0.643. The maximum Gasteiger partial charge on any atom is 0.416 e. The van der Waals surface area contributed by atoms with Crippen LogP contribution >= 0.6 is 0 Å². The average Bonchev–Trinajstić information content (AvgIpc) is 2.91. The zero-order valence-corrected chi connectivity index (χ0v) is 11.3. The standard InChI is InChI=1S/C14H16F3NO3/c15-14(16,17)10-1-6-18-9-11(10)12(19)2-4-13(5-3-12)20-7-8-21-13/h1,6,9,19H,2-5,7-8H2. The van der Waals surface area contributed by atoms with Gasteiger partial charge in [0.25, 0.3) is 0 Å². The molecule has 3 rings (SSSR count). The number of hydrogen-bond acceptors (Lipinski definition) is 4. The van der Waals surface area contributed by atoms with Crippen LogP contribution in [0.25, 0.3) is 0 Å². The molecule has 21 heavy (non-hydrogen) atoms. The van der Waals surface area contributed by atoms with E-state index in [2.05, 4.69) is 4.98 Å². The van der Waals surface area contributed by atoms with Crippen molar-refractivity contribution in [1.29, 1.82) is 0 Å².